The maximum absolute atomic E-state index is 13.0. The average molecular weight is 625 g/mol. The molecule has 1 aliphatic heterocycles. The van der Waals surface area contributed by atoms with E-state index < -0.39 is 33.9 Å². The second-order valence-corrected chi connectivity index (χ2v) is 12.9. The van der Waals surface area contributed by atoms with E-state index in [0.717, 1.165) is 34.3 Å². The largest absolute Gasteiger partial charge is 0.489 e. The van der Waals surface area contributed by atoms with Gasteiger partial charge < -0.3 is 14.2 Å². The molecule has 1 aliphatic carbocycles. The first-order valence-electron chi connectivity index (χ1n) is 12.1. The Morgan fingerprint density at radius 2 is 1.95 bits per heavy atom. The first kappa shape index (κ1) is 29.9. The Morgan fingerprint density at radius 3 is 2.59 bits per heavy atom. The fourth-order valence-corrected chi connectivity index (χ4v) is 7.10. The molecule has 0 bridgehead atoms. The number of carbonyl (C=O) groups is 1. The lowest BCUT2D eigenvalue weighted by Crippen LogP contribution is -2.39. The highest BCUT2D eigenvalue weighted by Crippen LogP contribution is 2.38. The molecule has 39 heavy (non-hydrogen) atoms. The lowest BCUT2D eigenvalue weighted by Gasteiger charge is -2.23. The molecular formula is C25H27Cl2F2N2O6S2+. The normalized spacial score (nSPS) is 18.6. The monoisotopic (exact) mass is 623 g/mol. The van der Waals surface area contributed by atoms with Crippen molar-refractivity contribution in [2.24, 2.45) is 5.92 Å². The number of esters is 1. The SMILES string of the molecule is C=CS(=O)(=O)N1CCS[C@H]1C(=O)OC[C@@H](Cc1c(Cl)c[nH+]cc1Cl)c1ccc(OC(F)F)c(OCC2CC2)c1. The number of rotatable bonds is 13. The van der Waals surface area contributed by atoms with E-state index in [9.17, 15) is 22.0 Å². The van der Waals surface area contributed by atoms with Gasteiger partial charge in [-0.15, -0.1) is 11.8 Å². The van der Waals surface area contributed by atoms with Crippen LogP contribution in [-0.2, 0) is 26.0 Å². The number of aromatic amines is 1. The zero-order chi connectivity index (χ0) is 28.2. The zero-order valence-electron chi connectivity index (χ0n) is 20.7. The molecule has 1 aromatic heterocycles. The number of benzene rings is 1. The summed E-state index contributed by atoms with van der Waals surface area (Å²) in [4.78, 5) is 15.8. The number of H-pyrrole nitrogens is 1. The number of nitrogens with zero attached hydrogens (tertiary/aromatic N) is 1. The molecular weight excluding hydrogens is 597 g/mol. The van der Waals surface area contributed by atoms with Gasteiger partial charge in [0.2, 0.25) is 10.0 Å². The molecule has 1 saturated heterocycles. The topological polar surface area (TPSA) is 96.3 Å². The van der Waals surface area contributed by atoms with Gasteiger partial charge >= 0.3 is 12.6 Å². The lowest BCUT2D eigenvalue weighted by molar-refractivity contribution is -0.377. The molecule has 1 aromatic carbocycles. The molecule has 0 amide bonds. The predicted molar refractivity (Wildman–Crippen MR) is 144 cm³/mol. The van der Waals surface area contributed by atoms with E-state index in [-0.39, 0.29) is 31.1 Å². The van der Waals surface area contributed by atoms with Crippen LogP contribution in [0, 0.1) is 5.92 Å². The third kappa shape index (κ3) is 7.75. The molecule has 2 fully saturated rings. The Kier molecular flexibility index (Phi) is 9.97. The number of hydrogen-bond donors (Lipinski definition) is 0. The molecule has 14 heteroatoms. The predicted octanol–water partition coefficient (Wildman–Crippen LogP) is 4.92. The number of halogens is 4. The quantitative estimate of drug-likeness (QED) is 0.292. The Bertz CT molecular complexity index is 1290. The van der Waals surface area contributed by atoms with Gasteiger partial charge in [-0.05, 0) is 42.9 Å². The number of aromatic nitrogens is 1. The number of nitrogens with one attached hydrogen (secondary N) is 1. The maximum Gasteiger partial charge on any atom is 0.387 e. The van der Waals surface area contributed by atoms with Gasteiger partial charge in [-0.1, -0.05) is 35.8 Å². The van der Waals surface area contributed by atoms with Crippen LogP contribution < -0.4 is 14.5 Å². The van der Waals surface area contributed by atoms with Crippen molar-refractivity contribution in [1.82, 2.24) is 4.31 Å². The Balaban J connectivity index is 1.60. The smallest absolute Gasteiger partial charge is 0.387 e. The van der Waals surface area contributed by atoms with Crippen molar-refractivity contribution in [3.63, 3.8) is 0 Å². The van der Waals surface area contributed by atoms with Gasteiger partial charge in [0.1, 0.15) is 10.0 Å². The molecule has 2 aromatic rings. The summed E-state index contributed by atoms with van der Waals surface area (Å²) in [6.45, 7) is 0.639. The van der Waals surface area contributed by atoms with Crippen LogP contribution in [-0.4, -0.2) is 56.2 Å². The van der Waals surface area contributed by atoms with E-state index in [1.54, 1.807) is 24.5 Å². The van der Waals surface area contributed by atoms with E-state index in [4.69, 9.17) is 32.7 Å². The van der Waals surface area contributed by atoms with Gasteiger partial charge in [0.15, 0.2) is 29.3 Å². The highest BCUT2D eigenvalue weighted by molar-refractivity contribution is 8.02. The molecule has 212 valence electrons. The van der Waals surface area contributed by atoms with Gasteiger partial charge in [-0.3, -0.25) is 0 Å². The molecule has 1 N–H and O–H groups in total. The molecule has 0 unspecified atom stereocenters. The van der Waals surface area contributed by atoms with Crippen molar-refractivity contribution in [3.05, 3.63) is 63.8 Å². The molecule has 2 aliphatic rings. The molecule has 0 radical (unpaired) electrons. The van der Waals surface area contributed by atoms with Gasteiger partial charge in [0.25, 0.3) is 0 Å². The van der Waals surface area contributed by atoms with Crippen molar-refractivity contribution in [3.8, 4) is 11.5 Å². The van der Waals surface area contributed by atoms with Gasteiger partial charge in [0.05, 0.1) is 13.2 Å². The minimum Gasteiger partial charge on any atom is -0.489 e. The van der Waals surface area contributed by atoms with Crippen LogP contribution in [0.15, 0.2) is 42.6 Å². The summed E-state index contributed by atoms with van der Waals surface area (Å²) in [5, 5.41) is 0.462. The fourth-order valence-electron chi connectivity index (χ4n) is 4.02. The first-order valence-corrected chi connectivity index (χ1v) is 15.4. The third-order valence-corrected chi connectivity index (χ3v) is 9.75. The first-order chi connectivity index (χ1) is 18.6. The summed E-state index contributed by atoms with van der Waals surface area (Å²) in [7, 11) is -3.83. The van der Waals surface area contributed by atoms with E-state index in [1.165, 1.54) is 6.07 Å². The van der Waals surface area contributed by atoms with Crippen LogP contribution in [0.5, 0.6) is 11.5 Å². The van der Waals surface area contributed by atoms with E-state index in [1.807, 2.05) is 0 Å². The minimum absolute atomic E-state index is 0.108. The van der Waals surface area contributed by atoms with Crippen LogP contribution >= 0.6 is 35.0 Å². The number of alkyl halides is 2. The average Bonchev–Trinajstić information content (AvgIpc) is 3.59. The zero-order valence-corrected chi connectivity index (χ0v) is 23.8. The van der Waals surface area contributed by atoms with Crippen molar-refractivity contribution >= 4 is 51.0 Å². The van der Waals surface area contributed by atoms with Crippen molar-refractivity contribution < 1.29 is 41.2 Å². The molecule has 4 rings (SSSR count). The summed E-state index contributed by atoms with van der Waals surface area (Å²) in [5.74, 6) is -0.440. The summed E-state index contributed by atoms with van der Waals surface area (Å²) < 4.78 is 67.8. The Labute approximate surface area is 239 Å². The maximum atomic E-state index is 13.0. The van der Waals surface area contributed by atoms with Crippen LogP contribution in [0.2, 0.25) is 10.0 Å². The standard InChI is InChI=1S/C25H26Cl2F2N2O6S2/c1-2-39(33,34)31-7-8-38-23(31)24(32)36-14-17(9-18-19(26)11-30-12-20(18)27)16-5-6-21(37-25(28)29)22(10-16)35-13-15-3-4-15/h2,5-6,10-12,15,17,23,25H,1,3-4,7-9,13-14H2/p+1/t17-,23+/m1/s1. The fraction of sp³-hybridized carbons (Fsp3) is 0.440. The van der Waals surface area contributed by atoms with Gasteiger partial charge in [0, 0.05) is 29.2 Å². The van der Waals surface area contributed by atoms with Crippen LogP contribution in [0.25, 0.3) is 0 Å². The van der Waals surface area contributed by atoms with E-state index in [2.05, 4.69) is 16.3 Å². The molecule has 8 nitrogen and oxygen atoms in total. The Morgan fingerprint density at radius 1 is 1.23 bits per heavy atom. The van der Waals surface area contributed by atoms with Crippen molar-refractivity contribution in [2.45, 2.75) is 37.2 Å². The number of sulfonamides is 1. The van der Waals surface area contributed by atoms with Gasteiger partial charge in [-0.25, -0.2) is 18.2 Å². The molecule has 2 heterocycles. The number of pyridine rings is 1. The highest BCUT2D eigenvalue weighted by Gasteiger charge is 2.39. The van der Waals surface area contributed by atoms with Crippen molar-refractivity contribution in [2.75, 3.05) is 25.5 Å². The number of hydrogen-bond acceptors (Lipinski definition) is 7. The second-order valence-electron chi connectivity index (χ2n) is 9.05. The van der Waals surface area contributed by atoms with E-state index in [0.29, 0.717) is 39.4 Å². The Hall–Kier alpha value is -2.12. The molecule has 1 saturated carbocycles. The molecule has 0 spiro atoms. The number of carbonyl (C=O) groups excluding carboxylic acids is 1. The van der Waals surface area contributed by atoms with Crippen molar-refractivity contribution in [1.29, 1.82) is 0 Å². The van der Waals surface area contributed by atoms with Gasteiger partial charge in [-0.2, -0.15) is 13.1 Å². The number of ether oxygens (including phenoxy) is 3. The third-order valence-electron chi connectivity index (χ3n) is 6.29. The molecule has 2 atom stereocenters. The van der Waals surface area contributed by atoms with E-state index >= 15 is 0 Å². The highest BCUT2D eigenvalue weighted by atomic mass is 35.5. The minimum atomic E-state index is -3.83. The van der Waals surface area contributed by atoms with Crippen LogP contribution in [0.1, 0.15) is 29.9 Å². The summed E-state index contributed by atoms with van der Waals surface area (Å²) in [6.07, 6.45) is 5.35. The lowest BCUT2D eigenvalue weighted by atomic mass is 9.92. The second kappa shape index (κ2) is 13.0. The summed E-state index contributed by atoms with van der Waals surface area (Å²) in [5.41, 5.74) is 1.18. The number of thioether (sulfide) groups is 1. The summed E-state index contributed by atoms with van der Waals surface area (Å²) in [6, 6.07) is 4.54. The van der Waals surface area contributed by atoms with Crippen LogP contribution in [0.3, 0.4) is 0 Å². The van der Waals surface area contributed by atoms with Crippen LogP contribution in [0.4, 0.5) is 8.78 Å². The summed E-state index contributed by atoms with van der Waals surface area (Å²) >= 11 is 13.9.